The van der Waals surface area contributed by atoms with E-state index in [1.165, 1.54) is 0 Å². The molecule has 134 valence electrons. The number of nitrogens with one attached hydrogen (secondary N) is 3. The summed E-state index contributed by atoms with van der Waals surface area (Å²) in [5.41, 5.74) is 1.06. The number of urea groups is 1. The van der Waals surface area contributed by atoms with E-state index in [1.54, 1.807) is 20.8 Å². The van der Waals surface area contributed by atoms with Crippen molar-refractivity contribution >= 4 is 17.8 Å². The molecular weight excluding hydrogens is 310 g/mol. The van der Waals surface area contributed by atoms with Gasteiger partial charge >= 0.3 is 12.1 Å². The van der Waals surface area contributed by atoms with Gasteiger partial charge in [-0.05, 0) is 33.8 Å². The first-order chi connectivity index (χ1) is 11.3. The van der Waals surface area contributed by atoms with Crippen LogP contribution in [0.4, 0.5) is 15.3 Å². The van der Waals surface area contributed by atoms with Crippen LogP contribution in [0, 0.1) is 0 Å². The normalized spacial score (nSPS) is 10.8. The number of para-hydroxylation sites is 1. The standard InChI is InChI=1S/C17H27N3O4/c1-5-23-12-13-8-6-7-9-14(13)20-15(21)18-10-11-19-16(22)24-17(2,3)4/h6-9H,5,10-12H2,1-4H3,(H,19,22)(H2,18,20,21). The molecule has 3 amide bonds. The Kier molecular flexibility index (Phi) is 8.05. The van der Waals surface area contributed by atoms with Crippen molar-refractivity contribution in [2.45, 2.75) is 39.9 Å². The van der Waals surface area contributed by atoms with Gasteiger partial charge in [-0.3, -0.25) is 0 Å². The predicted octanol–water partition coefficient (Wildman–Crippen LogP) is 2.87. The molecule has 24 heavy (non-hydrogen) atoms. The van der Waals surface area contributed by atoms with Gasteiger partial charge in [0, 0.05) is 30.9 Å². The molecule has 0 aromatic heterocycles. The predicted molar refractivity (Wildman–Crippen MR) is 93.0 cm³/mol. The van der Waals surface area contributed by atoms with Crippen LogP contribution >= 0.6 is 0 Å². The number of anilines is 1. The summed E-state index contributed by atoms with van der Waals surface area (Å²) in [4.78, 5) is 23.4. The number of alkyl carbamates (subject to hydrolysis) is 1. The molecule has 3 N–H and O–H groups in total. The minimum Gasteiger partial charge on any atom is -0.444 e. The highest BCUT2D eigenvalue weighted by molar-refractivity contribution is 5.90. The van der Waals surface area contributed by atoms with Crippen LogP contribution in [0.2, 0.25) is 0 Å². The van der Waals surface area contributed by atoms with Crippen LogP contribution in [0.1, 0.15) is 33.3 Å². The fourth-order valence-corrected chi connectivity index (χ4v) is 1.80. The maximum Gasteiger partial charge on any atom is 0.407 e. The van der Waals surface area contributed by atoms with Gasteiger partial charge in [0.05, 0.1) is 6.61 Å². The molecule has 1 aromatic carbocycles. The lowest BCUT2D eigenvalue weighted by Gasteiger charge is -2.19. The number of hydrogen-bond donors (Lipinski definition) is 3. The zero-order chi connectivity index (χ0) is 18.0. The van der Waals surface area contributed by atoms with Crippen LogP contribution in [-0.4, -0.2) is 37.4 Å². The third-order valence-electron chi connectivity index (χ3n) is 2.81. The van der Waals surface area contributed by atoms with Crippen LogP contribution in [0.5, 0.6) is 0 Å². The molecule has 0 heterocycles. The number of rotatable bonds is 7. The Morgan fingerprint density at radius 1 is 1.08 bits per heavy atom. The van der Waals surface area contributed by atoms with E-state index in [4.69, 9.17) is 9.47 Å². The molecule has 0 radical (unpaired) electrons. The number of carbonyl (C=O) groups excluding carboxylic acids is 2. The molecule has 0 aliphatic carbocycles. The van der Waals surface area contributed by atoms with Crippen molar-refractivity contribution in [1.29, 1.82) is 0 Å². The fraction of sp³-hybridized carbons (Fsp3) is 0.529. The lowest BCUT2D eigenvalue weighted by molar-refractivity contribution is 0.0528. The molecule has 0 aliphatic rings. The molecule has 0 atom stereocenters. The summed E-state index contributed by atoms with van der Waals surface area (Å²) in [6, 6.07) is 7.10. The quantitative estimate of drug-likeness (QED) is 0.668. The molecule has 0 saturated carbocycles. The summed E-state index contributed by atoms with van der Waals surface area (Å²) in [5, 5.41) is 8.02. The van der Waals surface area contributed by atoms with E-state index in [0.717, 1.165) is 5.56 Å². The van der Waals surface area contributed by atoms with E-state index in [9.17, 15) is 9.59 Å². The second kappa shape index (κ2) is 9.77. The molecule has 0 fully saturated rings. The van der Waals surface area contributed by atoms with Gasteiger partial charge in [0.15, 0.2) is 0 Å². The molecule has 7 heteroatoms. The summed E-state index contributed by atoms with van der Waals surface area (Å²) in [6.45, 7) is 8.90. The molecule has 0 saturated heterocycles. The lowest BCUT2D eigenvalue weighted by atomic mass is 10.2. The Labute approximate surface area is 143 Å². The van der Waals surface area contributed by atoms with Crippen LogP contribution in [0.3, 0.4) is 0 Å². The largest absolute Gasteiger partial charge is 0.444 e. The molecule has 0 aliphatic heterocycles. The van der Waals surface area contributed by atoms with Gasteiger partial charge in [-0.2, -0.15) is 0 Å². The summed E-state index contributed by atoms with van der Waals surface area (Å²) in [5.74, 6) is 0. The topological polar surface area (TPSA) is 88.7 Å². The first-order valence-corrected chi connectivity index (χ1v) is 7.99. The third-order valence-corrected chi connectivity index (χ3v) is 2.81. The minimum absolute atomic E-state index is 0.281. The molecule has 0 unspecified atom stereocenters. The highest BCUT2D eigenvalue weighted by Crippen LogP contribution is 2.15. The highest BCUT2D eigenvalue weighted by Gasteiger charge is 2.15. The van der Waals surface area contributed by atoms with Crippen molar-refractivity contribution in [3.8, 4) is 0 Å². The highest BCUT2D eigenvalue weighted by atomic mass is 16.6. The Morgan fingerprint density at radius 2 is 1.75 bits per heavy atom. The van der Waals surface area contributed by atoms with Crippen LogP contribution in [0.25, 0.3) is 0 Å². The number of amides is 3. The van der Waals surface area contributed by atoms with E-state index in [2.05, 4.69) is 16.0 Å². The number of benzene rings is 1. The second-order valence-corrected chi connectivity index (χ2v) is 6.10. The zero-order valence-corrected chi connectivity index (χ0v) is 14.8. The van der Waals surface area contributed by atoms with Gasteiger partial charge in [0.2, 0.25) is 0 Å². The molecular formula is C17H27N3O4. The van der Waals surface area contributed by atoms with Crippen molar-refractivity contribution in [3.05, 3.63) is 29.8 Å². The van der Waals surface area contributed by atoms with Gasteiger partial charge in [0.25, 0.3) is 0 Å². The van der Waals surface area contributed by atoms with E-state index in [-0.39, 0.29) is 12.6 Å². The maximum absolute atomic E-state index is 11.9. The van der Waals surface area contributed by atoms with Crippen LogP contribution in [-0.2, 0) is 16.1 Å². The smallest absolute Gasteiger partial charge is 0.407 e. The monoisotopic (exact) mass is 337 g/mol. The van der Waals surface area contributed by atoms with Gasteiger partial charge in [-0.25, -0.2) is 9.59 Å². The van der Waals surface area contributed by atoms with Crippen molar-refractivity contribution < 1.29 is 19.1 Å². The number of hydrogen-bond acceptors (Lipinski definition) is 4. The zero-order valence-electron chi connectivity index (χ0n) is 14.8. The van der Waals surface area contributed by atoms with Crippen molar-refractivity contribution in [1.82, 2.24) is 10.6 Å². The van der Waals surface area contributed by atoms with E-state index >= 15 is 0 Å². The summed E-state index contributed by atoms with van der Waals surface area (Å²) in [7, 11) is 0. The molecule has 1 rings (SSSR count). The molecule has 0 spiro atoms. The summed E-state index contributed by atoms with van der Waals surface area (Å²) in [6.07, 6.45) is -0.508. The van der Waals surface area contributed by atoms with E-state index in [1.807, 2.05) is 31.2 Å². The Balaban J connectivity index is 2.33. The van der Waals surface area contributed by atoms with Crippen molar-refractivity contribution in [3.63, 3.8) is 0 Å². The Morgan fingerprint density at radius 3 is 2.42 bits per heavy atom. The van der Waals surface area contributed by atoms with Crippen LogP contribution < -0.4 is 16.0 Å². The summed E-state index contributed by atoms with van der Waals surface area (Å²) >= 11 is 0. The van der Waals surface area contributed by atoms with Crippen LogP contribution in [0.15, 0.2) is 24.3 Å². The molecule has 0 bridgehead atoms. The van der Waals surface area contributed by atoms with Gasteiger partial charge in [-0.15, -0.1) is 0 Å². The minimum atomic E-state index is -0.543. The third kappa shape index (κ3) is 8.38. The first kappa shape index (κ1) is 19.8. The molecule has 7 nitrogen and oxygen atoms in total. The fourth-order valence-electron chi connectivity index (χ4n) is 1.80. The van der Waals surface area contributed by atoms with Gasteiger partial charge < -0.3 is 25.4 Å². The number of ether oxygens (including phenoxy) is 2. The SMILES string of the molecule is CCOCc1ccccc1NC(=O)NCCNC(=O)OC(C)(C)C. The van der Waals surface area contributed by atoms with Crippen molar-refractivity contribution in [2.75, 3.05) is 25.0 Å². The summed E-state index contributed by atoms with van der Waals surface area (Å²) < 4.78 is 10.5. The van der Waals surface area contributed by atoms with E-state index < -0.39 is 11.7 Å². The Hall–Kier alpha value is -2.28. The van der Waals surface area contributed by atoms with Gasteiger partial charge in [0.1, 0.15) is 5.60 Å². The number of carbonyl (C=O) groups is 2. The lowest BCUT2D eigenvalue weighted by Crippen LogP contribution is -2.39. The first-order valence-electron chi connectivity index (χ1n) is 7.99. The molecule has 1 aromatic rings. The van der Waals surface area contributed by atoms with Crippen molar-refractivity contribution in [2.24, 2.45) is 0 Å². The van der Waals surface area contributed by atoms with E-state index in [0.29, 0.717) is 25.4 Å². The van der Waals surface area contributed by atoms with Gasteiger partial charge in [-0.1, -0.05) is 18.2 Å². The maximum atomic E-state index is 11.9. The average Bonchev–Trinajstić information content (AvgIpc) is 2.49. The second-order valence-electron chi connectivity index (χ2n) is 6.10. The average molecular weight is 337 g/mol. The Bertz CT molecular complexity index is 541.